The van der Waals surface area contributed by atoms with Crippen molar-refractivity contribution in [1.82, 2.24) is 4.98 Å². The van der Waals surface area contributed by atoms with Gasteiger partial charge in [-0.3, -0.25) is 10.1 Å². The topological polar surface area (TPSA) is 65.3 Å². The van der Waals surface area contributed by atoms with Gasteiger partial charge in [-0.2, -0.15) is 0 Å². The Hall–Kier alpha value is -1.42. The van der Waals surface area contributed by atoms with Crippen LogP contribution < -0.4 is 0 Å². The summed E-state index contributed by atoms with van der Waals surface area (Å²) in [5, 5.41) is 11.2. The molecule has 5 nitrogen and oxygen atoms in total. The number of thiazole rings is 1. The normalized spacial score (nSPS) is 21.2. The molecule has 1 aromatic rings. The second-order valence-electron chi connectivity index (χ2n) is 7.43. The van der Waals surface area contributed by atoms with E-state index in [0.29, 0.717) is 28.3 Å². The van der Waals surface area contributed by atoms with E-state index in [1.165, 1.54) is 4.88 Å². The van der Waals surface area contributed by atoms with Gasteiger partial charge >= 0.3 is 0 Å². The number of hydrogen-bond acceptors (Lipinski definition) is 5. The maximum absolute atomic E-state index is 11.2. The van der Waals surface area contributed by atoms with Gasteiger partial charge in [0.25, 0.3) is 5.70 Å². The van der Waals surface area contributed by atoms with Crippen LogP contribution >= 0.6 is 22.9 Å². The van der Waals surface area contributed by atoms with E-state index < -0.39 is 6.10 Å². The van der Waals surface area contributed by atoms with Crippen LogP contribution in [0.5, 0.6) is 0 Å². The van der Waals surface area contributed by atoms with Gasteiger partial charge in [0.05, 0.1) is 4.92 Å². The number of aromatic nitrogens is 1. The highest BCUT2D eigenvalue weighted by atomic mass is 35.5. The summed E-state index contributed by atoms with van der Waals surface area (Å²) in [6, 6.07) is 0. The standard InChI is InChI=1S/C20H27ClN2O3S/c1-13(2)19(23(24)25)18-10-9-16(26-18)8-6-5-7-14(3)15(4)11-17-12-22-20(21)27-17/h12,14-16,18H,5,7,9-11H2,1-4H3/t14?,15?,16-,18-/m1/s1. The minimum absolute atomic E-state index is 0.185. The van der Waals surface area contributed by atoms with Crippen LogP contribution in [-0.4, -0.2) is 22.1 Å². The summed E-state index contributed by atoms with van der Waals surface area (Å²) in [4.78, 5) is 16.2. The molecule has 2 rings (SSSR count). The molecule has 0 amide bonds. The van der Waals surface area contributed by atoms with Crippen LogP contribution in [0.15, 0.2) is 17.5 Å². The molecule has 0 aliphatic carbocycles. The third-order valence-corrected chi connectivity index (χ3v) is 6.18. The fourth-order valence-corrected chi connectivity index (χ4v) is 4.35. The molecule has 2 unspecified atom stereocenters. The van der Waals surface area contributed by atoms with Crippen molar-refractivity contribution < 1.29 is 9.66 Å². The van der Waals surface area contributed by atoms with Crippen LogP contribution in [0.3, 0.4) is 0 Å². The minimum atomic E-state index is -0.436. The first-order valence-electron chi connectivity index (χ1n) is 9.33. The zero-order chi connectivity index (χ0) is 20.0. The minimum Gasteiger partial charge on any atom is -0.351 e. The van der Waals surface area contributed by atoms with Crippen molar-refractivity contribution >= 4 is 22.9 Å². The van der Waals surface area contributed by atoms with Gasteiger partial charge in [-0.25, -0.2) is 4.98 Å². The molecule has 4 atom stereocenters. The van der Waals surface area contributed by atoms with E-state index in [1.807, 2.05) is 6.20 Å². The zero-order valence-corrected chi connectivity index (χ0v) is 17.9. The predicted molar refractivity (Wildman–Crippen MR) is 109 cm³/mol. The first-order chi connectivity index (χ1) is 12.8. The number of allylic oxidation sites excluding steroid dienone is 1. The molecule has 0 radical (unpaired) electrons. The molecule has 1 saturated heterocycles. The summed E-state index contributed by atoms with van der Waals surface area (Å²) >= 11 is 7.43. The van der Waals surface area contributed by atoms with Crippen molar-refractivity contribution in [2.45, 2.75) is 72.0 Å². The number of rotatable bonds is 7. The maximum Gasteiger partial charge on any atom is 0.273 e. The highest BCUT2D eigenvalue weighted by Crippen LogP contribution is 2.28. The second-order valence-corrected chi connectivity index (χ2v) is 9.13. The van der Waals surface area contributed by atoms with E-state index in [1.54, 1.807) is 25.2 Å². The largest absolute Gasteiger partial charge is 0.351 e. The van der Waals surface area contributed by atoms with E-state index in [4.69, 9.17) is 16.3 Å². The summed E-state index contributed by atoms with van der Waals surface area (Å²) < 4.78 is 6.39. The third kappa shape index (κ3) is 6.60. The van der Waals surface area contributed by atoms with Crippen LogP contribution in [0, 0.1) is 33.8 Å². The van der Waals surface area contributed by atoms with Gasteiger partial charge in [0.2, 0.25) is 0 Å². The smallest absolute Gasteiger partial charge is 0.273 e. The monoisotopic (exact) mass is 410 g/mol. The van der Waals surface area contributed by atoms with E-state index in [9.17, 15) is 10.1 Å². The predicted octanol–water partition coefficient (Wildman–Crippen LogP) is 5.51. The molecule has 7 heteroatoms. The summed E-state index contributed by atoms with van der Waals surface area (Å²) in [6.07, 6.45) is 5.45. The lowest BCUT2D eigenvalue weighted by molar-refractivity contribution is -0.437. The number of hydrogen-bond donors (Lipinski definition) is 0. The molecular weight excluding hydrogens is 384 g/mol. The van der Waals surface area contributed by atoms with Gasteiger partial charge in [0.15, 0.2) is 4.47 Å². The first-order valence-corrected chi connectivity index (χ1v) is 10.5. The van der Waals surface area contributed by atoms with E-state index in [2.05, 4.69) is 30.7 Å². The summed E-state index contributed by atoms with van der Waals surface area (Å²) in [6.45, 7) is 8.00. The molecule has 0 spiro atoms. The summed E-state index contributed by atoms with van der Waals surface area (Å²) in [5.74, 6) is 7.44. The third-order valence-electron chi connectivity index (χ3n) is 5.04. The molecule has 1 aliphatic rings. The molecule has 2 heterocycles. The molecule has 1 fully saturated rings. The molecule has 27 heavy (non-hydrogen) atoms. The molecule has 0 saturated carbocycles. The number of nitrogens with zero attached hydrogens (tertiary/aromatic N) is 2. The van der Waals surface area contributed by atoms with Crippen LogP contribution in [0.2, 0.25) is 4.47 Å². The Balaban J connectivity index is 1.77. The number of halogens is 1. The lowest BCUT2D eigenvalue weighted by atomic mass is 9.89. The quantitative estimate of drug-likeness (QED) is 0.337. The molecule has 148 valence electrons. The fourth-order valence-electron chi connectivity index (χ4n) is 3.23. The molecule has 0 N–H and O–H groups in total. The summed E-state index contributed by atoms with van der Waals surface area (Å²) in [5.41, 5.74) is 0.883. The van der Waals surface area contributed by atoms with E-state index in [-0.39, 0.29) is 16.7 Å². The molecular formula is C20H27ClN2O3S. The van der Waals surface area contributed by atoms with Gasteiger partial charge < -0.3 is 4.74 Å². The summed E-state index contributed by atoms with van der Waals surface area (Å²) in [7, 11) is 0. The Labute approximate surface area is 170 Å². The van der Waals surface area contributed by atoms with Gasteiger partial charge in [0.1, 0.15) is 12.2 Å². The highest BCUT2D eigenvalue weighted by Gasteiger charge is 2.34. The Kier molecular flexibility index (Phi) is 8.28. The Bertz CT molecular complexity index is 746. The van der Waals surface area contributed by atoms with Crippen molar-refractivity contribution in [3.8, 4) is 11.8 Å². The zero-order valence-electron chi connectivity index (χ0n) is 16.3. The molecule has 0 aromatic carbocycles. The van der Waals surface area contributed by atoms with Crippen molar-refractivity contribution in [1.29, 1.82) is 0 Å². The SMILES string of the molecule is CC(C)=C([C@H]1CC[C@@H](C#CCCC(C)C(C)Cc2cnc(Cl)s2)O1)[N+](=O)[O-]. The Morgan fingerprint density at radius 3 is 2.78 bits per heavy atom. The molecule has 0 bridgehead atoms. The van der Waals surface area contributed by atoms with E-state index in [0.717, 1.165) is 25.7 Å². The van der Waals surface area contributed by atoms with Crippen LogP contribution in [0.25, 0.3) is 0 Å². The highest BCUT2D eigenvalue weighted by molar-refractivity contribution is 7.15. The molecule has 1 aliphatic heterocycles. The number of nitro groups is 1. The first kappa shape index (κ1) is 21.9. The van der Waals surface area contributed by atoms with Crippen molar-refractivity contribution in [3.05, 3.63) is 36.9 Å². The Morgan fingerprint density at radius 1 is 1.44 bits per heavy atom. The van der Waals surface area contributed by atoms with Gasteiger partial charge in [-0.15, -0.1) is 17.3 Å². The molecule has 1 aromatic heterocycles. The van der Waals surface area contributed by atoms with Crippen molar-refractivity contribution in [3.63, 3.8) is 0 Å². The average molecular weight is 411 g/mol. The van der Waals surface area contributed by atoms with E-state index >= 15 is 0 Å². The number of ether oxygens (including phenoxy) is 1. The van der Waals surface area contributed by atoms with Crippen molar-refractivity contribution in [2.75, 3.05) is 0 Å². The average Bonchev–Trinajstić information content (AvgIpc) is 3.20. The Morgan fingerprint density at radius 2 is 2.19 bits per heavy atom. The van der Waals surface area contributed by atoms with Crippen LogP contribution in [-0.2, 0) is 11.2 Å². The fraction of sp³-hybridized carbons (Fsp3) is 0.650. The van der Waals surface area contributed by atoms with Crippen LogP contribution in [0.4, 0.5) is 0 Å². The maximum atomic E-state index is 11.2. The van der Waals surface area contributed by atoms with Gasteiger partial charge in [0, 0.05) is 17.5 Å². The second kappa shape index (κ2) is 10.2. The lowest BCUT2D eigenvalue weighted by Crippen LogP contribution is -2.19. The lowest BCUT2D eigenvalue weighted by Gasteiger charge is -2.17. The van der Waals surface area contributed by atoms with Gasteiger partial charge in [-0.05, 0) is 56.9 Å². The van der Waals surface area contributed by atoms with Crippen LogP contribution in [0.1, 0.15) is 58.3 Å². The van der Waals surface area contributed by atoms with Gasteiger partial charge in [-0.1, -0.05) is 31.4 Å². The van der Waals surface area contributed by atoms with Crippen molar-refractivity contribution in [2.24, 2.45) is 11.8 Å².